The van der Waals surface area contributed by atoms with E-state index in [4.69, 9.17) is 4.74 Å². The number of carboxylic acid groups (broad SMARTS) is 1. The first-order chi connectivity index (χ1) is 13.3. The van der Waals surface area contributed by atoms with Crippen molar-refractivity contribution < 1.29 is 32.6 Å². The van der Waals surface area contributed by atoms with E-state index in [1.807, 2.05) is 0 Å². The second-order valence-electron chi connectivity index (χ2n) is 6.76. The maximum absolute atomic E-state index is 14.7. The minimum Gasteiger partial charge on any atom is -0.496 e. The van der Waals surface area contributed by atoms with Gasteiger partial charge in [-0.2, -0.15) is 0 Å². The SMILES string of the molecule is COc1ccccc1CC1(c2cc(F)c(F)cc2F)CC(=O)NCC1C(=O)O. The minimum absolute atomic E-state index is 0.108. The third-order valence-electron chi connectivity index (χ3n) is 5.19. The van der Waals surface area contributed by atoms with Crippen molar-refractivity contribution in [3.63, 3.8) is 0 Å². The average Bonchev–Trinajstić information content (AvgIpc) is 2.64. The molecule has 0 saturated carbocycles. The number of benzene rings is 2. The molecule has 148 valence electrons. The summed E-state index contributed by atoms with van der Waals surface area (Å²) in [6.45, 7) is -0.262. The van der Waals surface area contributed by atoms with Gasteiger partial charge in [0.25, 0.3) is 0 Å². The highest BCUT2D eigenvalue weighted by molar-refractivity contribution is 5.84. The van der Waals surface area contributed by atoms with Gasteiger partial charge in [-0.3, -0.25) is 9.59 Å². The molecule has 2 atom stereocenters. The van der Waals surface area contributed by atoms with E-state index >= 15 is 0 Å². The summed E-state index contributed by atoms with van der Waals surface area (Å²) in [5.74, 6) is -6.42. The summed E-state index contributed by atoms with van der Waals surface area (Å²) < 4.78 is 47.5. The van der Waals surface area contributed by atoms with E-state index in [1.165, 1.54) is 7.11 Å². The summed E-state index contributed by atoms with van der Waals surface area (Å²) in [7, 11) is 1.42. The Hall–Kier alpha value is -3.03. The maximum atomic E-state index is 14.7. The number of piperidine rings is 1. The lowest BCUT2D eigenvalue weighted by molar-refractivity contribution is -0.147. The Balaban J connectivity index is 2.25. The fourth-order valence-corrected chi connectivity index (χ4v) is 3.86. The van der Waals surface area contributed by atoms with Crippen LogP contribution in [-0.2, 0) is 21.4 Å². The number of methoxy groups -OCH3 is 1. The van der Waals surface area contributed by atoms with Crippen LogP contribution in [0.2, 0.25) is 0 Å². The van der Waals surface area contributed by atoms with E-state index in [0.717, 1.165) is 0 Å². The van der Waals surface area contributed by atoms with Crippen LogP contribution in [0.3, 0.4) is 0 Å². The van der Waals surface area contributed by atoms with Gasteiger partial charge >= 0.3 is 5.97 Å². The highest BCUT2D eigenvalue weighted by Crippen LogP contribution is 2.44. The summed E-state index contributed by atoms with van der Waals surface area (Å²) in [5, 5.41) is 12.2. The molecule has 5 nitrogen and oxygen atoms in total. The molecule has 0 bridgehead atoms. The Bertz CT molecular complexity index is 934. The predicted octanol–water partition coefficient (Wildman–Crippen LogP) is 2.81. The van der Waals surface area contributed by atoms with E-state index in [2.05, 4.69) is 5.32 Å². The zero-order chi connectivity index (χ0) is 20.5. The molecular weight excluding hydrogens is 375 g/mol. The molecule has 2 N–H and O–H groups in total. The van der Waals surface area contributed by atoms with E-state index in [1.54, 1.807) is 24.3 Å². The molecule has 8 heteroatoms. The number of para-hydroxylation sites is 1. The van der Waals surface area contributed by atoms with Crippen molar-refractivity contribution in [1.82, 2.24) is 5.32 Å². The van der Waals surface area contributed by atoms with Crippen LogP contribution in [0.1, 0.15) is 17.5 Å². The van der Waals surface area contributed by atoms with Gasteiger partial charge in [0.15, 0.2) is 11.6 Å². The summed E-state index contributed by atoms with van der Waals surface area (Å²) in [4.78, 5) is 24.2. The second kappa shape index (κ2) is 7.53. The molecule has 0 aromatic heterocycles. The van der Waals surface area contributed by atoms with Crippen molar-refractivity contribution in [2.45, 2.75) is 18.3 Å². The number of rotatable bonds is 5. The Kier molecular flexibility index (Phi) is 5.31. The van der Waals surface area contributed by atoms with E-state index in [9.17, 15) is 27.9 Å². The van der Waals surface area contributed by atoms with Gasteiger partial charge < -0.3 is 15.2 Å². The Morgan fingerprint density at radius 1 is 1.21 bits per heavy atom. The number of nitrogens with one attached hydrogen (secondary N) is 1. The quantitative estimate of drug-likeness (QED) is 0.766. The van der Waals surface area contributed by atoms with Crippen LogP contribution < -0.4 is 10.1 Å². The number of carbonyl (C=O) groups excluding carboxylic acids is 1. The molecule has 2 aromatic rings. The number of halogens is 3. The fraction of sp³-hybridized carbons (Fsp3) is 0.300. The van der Waals surface area contributed by atoms with Crippen LogP contribution >= 0.6 is 0 Å². The smallest absolute Gasteiger partial charge is 0.309 e. The van der Waals surface area contributed by atoms with Gasteiger partial charge in [-0.15, -0.1) is 0 Å². The second-order valence-corrected chi connectivity index (χ2v) is 6.76. The third kappa shape index (κ3) is 3.42. The molecule has 1 saturated heterocycles. The number of aliphatic carboxylic acids is 1. The summed E-state index contributed by atoms with van der Waals surface area (Å²) in [6, 6.07) is 7.71. The summed E-state index contributed by atoms with van der Waals surface area (Å²) >= 11 is 0. The standard InChI is InChI=1S/C20H18F3NO4/c1-28-17-5-3-2-4-11(17)8-20(9-18(25)24-10-13(20)19(26)27)12-6-15(22)16(23)7-14(12)21/h2-7,13H,8-10H2,1H3,(H,24,25)(H,26,27). The molecule has 0 spiro atoms. The van der Waals surface area contributed by atoms with Crippen LogP contribution in [0.15, 0.2) is 36.4 Å². The van der Waals surface area contributed by atoms with Crippen LogP contribution in [0.25, 0.3) is 0 Å². The fourth-order valence-electron chi connectivity index (χ4n) is 3.86. The molecule has 1 fully saturated rings. The monoisotopic (exact) mass is 393 g/mol. The third-order valence-corrected chi connectivity index (χ3v) is 5.19. The maximum Gasteiger partial charge on any atom is 0.309 e. The Morgan fingerprint density at radius 2 is 1.89 bits per heavy atom. The largest absolute Gasteiger partial charge is 0.496 e. The van der Waals surface area contributed by atoms with E-state index < -0.39 is 47.1 Å². The van der Waals surface area contributed by atoms with Crippen molar-refractivity contribution in [3.05, 3.63) is 65.0 Å². The highest BCUT2D eigenvalue weighted by atomic mass is 19.2. The summed E-state index contributed by atoms with van der Waals surface area (Å²) in [6.07, 6.45) is -0.507. The highest BCUT2D eigenvalue weighted by Gasteiger charge is 2.50. The van der Waals surface area contributed by atoms with Crippen LogP contribution in [-0.4, -0.2) is 30.6 Å². The number of hydrogen-bond donors (Lipinski definition) is 2. The van der Waals surface area contributed by atoms with Gasteiger partial charge in [0.05, 0.1) is 13.0 Å². The number of amides is 1. The van der Waals surface area contributed by atoms with E-state index in [0.29, 0.717) is 23.4 Å². The van der Waals surface area contributed by atoms with Crippen molar-refractivity contribution in [2.75, 3.05) is 13.7 Å². The Morgan fingerprint density at radius 3 is 2.57 bits per heavy atom. The molecule has 0 radical (unpaired) electrons. The predicted molar refractivity (Wildman–Crippen MR) is 93.4 cm³/mol. The van der Waals surface area contributed by atoms with Crippen LogP contribution in [0, 0.1) is 23.4 Å². The summed E-state index contributed by atoms with van der Waals surface area (Å²) in [5.41, 5.74) is -1.45. The molecular formula is C20H18F3NO4. The first-order valence-corrected chi connectivity index (χ1v) is 8.55. The van der Waals surface area contributed by atoms with Crippen molar-refractivity contribution in [3.8, 4) is 5.75 Å². The van der Waals surface area contributed by atoms with Gasteiger partial charge in [0.1, 0.15) is 11.6 Å². The van der Waals surface area contributed by atoms with Crippen LogP contribution in [0.4, 0.5) is 13.2 Å². The molecule has 1 aliphatic rings. The molecule has 1 amide bonds. The van der Waals surface area contributed by atoms with Crippen molar-refractivity contribution in [2.24, 2.45) is 5.92 Å². The number of hydrogen-bond acceptors (Lipinski definition) is 3. The first kappa shape index (κ1) is 19.7. The molecule has 2 unspecified atom stereocenters. The molecule has 2 aromatic carbocycles. The lowest BCUT2D eigenvalue weighted by Crippen LogP contribution is -2.55. The van der Waals surface area contributed by atoms with Gasteiger partial charge in [-0.05, 0) is 29.7 Å². The van der Waals surface area contributed by atoms with Crippen LogP contribution in [0.5, 0.6) is 5.75 Å². The zero-order valence-electron chi connectivity index (χ0n) is 15.0. The van der Waals surface area contributed by atoms with E-state index in [-0.39, 0.29) is 18.5 Å². The van der Waals surface area contributed by atoms with Gasteiger partial charge in [0, 0.05) is 24.4 Å². The number of carboxylic acids is 1. The number of ether oxygens (including phenoxy) is 1. The number of carbonyl (C=O) groups is 2. The van der Waals surface area contributed by atoms with Crippen molar-refractivity contribution >= 4 is 11.9 Å². The molecule has 3 rings (SSSR count). The lowest BCUT2D eigenvalue weighted by atomic mass is 9.62. The normalized spacial score (nSPS) is 21.9. The molecule has 1 heterocycles. The minimum atomic E-state index is -1.62. The van der Waals surface area contributed by atoms with Gasteiger partial charge in [-0.1, -0.05) is 18.2 Å². The average molecular weight is 393 g/mol. The lowest BCUT2D eigenvalue weighted by Gasteiger charge is -2.42. The van der Waals surface area contributed by atoms with Gasteiger partial charge in [0.2, 0.25) is 5.91 Å². The first-order valence-electron chi connectivity index (χ1n) is 8.55. The molecule has 28 heavy (non-hydrogen) atoms. The molecule has 0 aliphatic carbocycles. The Labute approximate surface area is 159 Å². The topological polar surface area (TPSA) is 75.6 Å². The zero-order valence-corrected chi connectivity index (χ0v) is 15.0. The van der Waals surface area contributed by atoms with Crippen molar-refractivity contribution in [1.29, 1.82) is 0 Å². The van der Waals surface area contributed by atoms with Gasteiger partial charge in [-0.25, -0.2) is 13.2 Å². The molecule has 1 aliphatic heterocycles.